The van der Waals surface area contributed by atoms with Gasteiger partial charge in [0.05, 0.1) is 6.10 Å². The molecule has 0 fully saturated rings. The Morgan fingerprint density at radius 3 is 1.86 bits per heavy atom. The number of aliphatic hydroxyl groups is 1. The Morgan fingerprint density at radius 1 is 0.821 bits per heavy atom. The Morgan fingerprint density at radius 2 is 1.32 bits per heavy atom. The second-order valence-corrected chi connectivity index (χ2v) is 8.23. The number of unbranched alkanes of at least 4 members (excludes halogenated alkanes) is 12. The Balaban J connectivity index is 1.91. The molecule has 0 aliphatic rings. The zero-order valence-corrected chi connectivity index (χ0v) is 18.1. The summed E-state index contributed by atoms with van der Waals surface area (Å²) in [5.41, 5.74) is 6.94. The van der Waals surface area contributed by atoms with E-state index in [-0.39, 0.29) is 11.9 Å². The number of Topliss-reactive ketones (excluding diaryl/α,β-unsaturated/α-hetero) is 1. The zero-order valence-electron chi connectivity index (χ0n) is 18.1. The molecule has 0 aromatic heterocycles. The van der Waals surface area contributed by atoms with Gasteiger partial charge < -0.3 is 10.8 Å². The van der Waals surface area contributed by atoms with Crippen LogP contribution >= 0.6 is 0 Å². The van der Waals surface area contributed by atoms with E-state index in [0.29, 0.717) is 24.1 Å². The largest absolute Gasteiger partial charge is 0.398 e. The summed E-state index contributed by atoms with van der Waals surface area (Å²) in [5.74, 6) is 0.0301. The van der Waals surface area contributed by atoms with Crippen molar-refractivity contribution in [2.24, 2.45) is 0 Å². The van der Waals surface area contributed by atoms with Gasteiger partial charge in [0.2, 0.25) is 0 Å². The molecule has 0 saturated carbocycles. The number of carbonyl (C=O) groups excluding carboxylic acids is 1. The van der Waals surface area contributed by atoms with Gasteiger partial charge in [-0.05, 0) is 25.0 Å². The topological polar surface area (TPSA) is 63.3 Å². The number of anilines is 1. The van der Waals surface area contributed by atoms with E-state index in [1.807, 2.05) is 12.1 Å². The average Bonchev–Trinajstić information content (AvgIpc) is 2.70. The molecule has 0 amide bonds. The van der Waals surface area contributed by atoms with Gasteiger partial charge in [0.1, 0.15) is 0 Å². The van der Waals surface area contributed by atoms with E-state index in [0.717, 1.165) is 12.8 Å². The van der Waals surface area contributed by atoms with Crippen molar-refractivity contribution in [3.05, 3.63) is 29.8 Å². The molecular weight excluding hydrogens is 346 g/mol. The molecular formula is C25H43NO2. The third-order valence-electron chi connectivity index (χ3n) is 5.61. The van der Waals surface area contributed by atoms with Crippen molar-refractivity contribution in [1.29, 1.82) is 0 Å². The first-order chi connectivity index (χ1) is 13.6. The van der Waals surface area contributed by atoms with Gasteiger partial charge in [0.15, 0.2) is 5.78 Å². The van der Waals surface area contributed by atoms with Crippen LogP contribution in [0.25, 0.3) is 0 Å². The molecule has 3 heteroatoms. The van der Waals surface area contributed by atoms with E-state index >= 15 is 0 Å². The number of hydrogen-bond acceptors (Lipinski definition) is 3. The first kappa shape index (κ1) is 24.7. The number of aliphatic hydroxyl groups excluding tert-OH is 1. The van der Waals surface area contributed by atoms with E-state index in [2.05, 4.69) is 6.92 Å². The van der Waals surface area contributed by atoms with Crippen molar-refractivity contribution in [3.63, 3.8) is 0 Å². The minimum atomic E-state index is -0.374. The second kappa shape index (κ2) is 16.6. The number of nitrogens with two attached hydrogens (primary N) is 1. The predicted molar refractivity (Wildman–Crippen MR) is 121 cm³/mol. The third-order valence-corrected chi connectivity index (χ3v) is 5.61. The van der Waals surface area contributed by atoms with Crippen LogP contribution in [0.15, 0.2) is 24.3 Å². The Hall–Kier alpha value is -1.35. The van der Waals surface area contributed by atoms with Crippen molar-refractivity contribution in [2.45, 2.75) is 116 Å². The molecule has 0 saturated heterocycles. The number of para-hydroxylation sites is 1. The molecule has 1 unspecified atom stereocenters. The molecule has 0 bridgehead atoms. The Bertz CT molecular complexity index is 515. The maximum atomic E-state index is 12.2. The SMILES string of the molecule is CCCCCCCCCCCCCCCC(O)CCC(=O)c1ccccc1N. The van der Waals surface area contributed by atoms with Crippen molar-refractivity contribution in [2.75, 3.05) is 5.73 Å². The van der Waals surface area contributed by atoms with Gasteiger partial charge in [-0.3, -0.25) is 4.79 Å². The molecule has 0 heterocycles. The maximum absolute atomic E-state index is 12.2. The Kier molecular flexibility index (Phi) is 14.6. The fourth-order valence-electron chi connectivity index (χ4n) is 3.73. The molecule has 0 aliphatic carbocycles. The normalized spacial score (nSPS) is 12.2. The fraction of sp³-hybridized carbons (Fsp3) is 0.720. The van der Waals surface area contributed by atoms with Gasteiger partial charge in [-0.15, -0.1) is 0 Å². The van der Waals surface area contributed by atoms with Crippen LogP contribution in [0.3, 0.4) is 0 Å². The van der Waals surface area contributed by atoms with Gasteiger partial charge in [0.25, 0.3) is 0 Å². The number of rotatable bonds is 18. The molecule has 1 rings (SSSR count). The molecule has 1 aromatic rings. The van der Waals surface area contributed by atoms with Crippen LogP contribution in [0.1, 0.15) is 120 Å². The van der Waals surface area contributed by atoms with Crippen molar-refractivity contribution in [3.8, 4) is 0 Å². The summed E-state index contributed by atoms with van der Waals surface area (Å²) >= 11 is 0. The standard InChI is InChI=1S/C25H43NO2/c1-2-3-4-5-6-7-8-9-10-11-12-13-14-17-22(27)20-21-25(28)23-18-15-16-19-24(23)26/h15-16,18-19,22,27H,2-14,17,20-21,26H2,1H3. The molecule has 28 heavy (non-hydrogen) atoms. The zero-order chi connectivity index (χ0) is 20.5. The minimum Gasteiger partial charge on any atom is -0.398 e. The monoisotopic (exact) mass is 389 g/mol. The number of carbonyl (C=O) groups is 1. The third kappa shape index (κ3) is 12.2. The van der Waals surface area contributed by atoms with E-state index in [1.165, 1.54) is 77.0 Å². The summed E-state index contributed by atoms with van der Waals surface area (Å²) in [4.78, 5) is 12.2. The number of ketones is 1. The lowest BCUT2D eigenvalue weighted by Crippen LogP contribution is -2.11. The van der Waals surface area contributed by atoms with Gasteiger partial charge in [-0.25, -0.2) is 0 Å². The van der Waals surface area contributed by atoms with E-state index in [1.54, 1.807) is 12.1 Å². The van der Waals surface area contributed by atoms with E-state index in [4.69, 9.17) is 5.73 Å². The maximum Gasteiger partial charge on any atom is 0.165 e. The van der Waals surface area contributed by atoms with Crippen LogP contribution in [0.4, 0.5) is 5.69 Å². The van der Waals surface area contributed by atoms with Gasteiger partial charge in [0, 0.05) is 17.7 Å². The molecule has 0 aliphatic heterocycles. The van der Waals surface area contributed by atoms with Crippen molar-refractivity contribution in [1.82, 2.24) is 0 Å². The second-order valence-electron chi connectivity index (χ2n) is 8.23. The number of benzene rings is 1. The summed E-state index contributed by atoms with van der Waals surface area (Å²) in [6.07, 6.45) is 18.7. The van der Waals surface area contributed by atoms with Gasteiger partial charge in [-0.2, -0.15) is 0 Å². The lowest BCUT2D eigenvalue weighted by Gasteiger charge is -2.10. The summed E-state index contributed by atoms with van der Waals surface area (Å²) in [5, 5.41) is 10.1. The highest BCUT2D eigenvalue weighted by Crippen LogP contribution is 2.17. The molecule has 3 N–H and O–H groups in total. The smallest absolute Gasteiger partial charge is 0.165 e. The molecule has 0 spiro atoms. The molecule has 3 nitrogen and oxygen atoms in total. The summed E-state index contributed by atoms with van der Waals surface area (Å²) in [7, 11) is 0. The quantitative estimate of drug-likeness (QED) is 0.160. The van der Waals surface area contributed by atoms with Crippen LogP contribution in [-0.4, -0.2) is 17.0 Å². The van der Waals surface area contributed by atoms with Gasteiger partial charge in [-0.1, -0.05) is 103 Å². The average molecular weight is 390 g/mol. The molecule has 1 atom stereocenters. The fourth-order valence-corrected chi connectivity index (χ4v) is 3.73. The number of hydrogen-bond donors (Lipinski definition) is 2. The number of nitrogen functional groups attached to an aromatic ring is 1. The van der Waals surface area contributed by atoms with Crippen molar-refractivity contribution < 1.29 is 9.90 Å². The highest BCUT2D eigenvalue weighted by Gasteiger charge is 2.12. The van der Waals surface area contributed by atoms with E-state index in [9.17, 15) is 9.90 Å². The summed E-state index contributed by atoms with van der Waals surface area (Å²) in [6.45, 7) is 2.27. The Labute approximate surface area is 173 Å². The summed E-state index contributed by atoms with van der Waals surface area (Å²) in [6, 6.07) is 7.16. The van der Waals surface area contributed by atoms with Crippen LogP contribution in [0.5, 0.6) is 0 Å². The van der Waals surface area contributed by atoms with Crippen LogP contribution in [0, 0.1) is 0 Å². The van der Waals surface area contributed by atoms with Gasteiger partial charge >= 0.3 is 0 Å². The molecule has 1 aromatic carbocycles. The molecule has 160 valence electrons. The van der Waals surface area contributed by atoms with Crippen LogP contribution in [-0.2, 0) is 0 Å². The van der Waals surface area contributed by atoms with Crippen LogP contribution < -0.4 is 5.73 Å². The molecule has 0 radical (unpaired) electrons. The lowest BCUT2D eigenvalue weighted by molar-refractivity contribution is 0.0931. The minimum absolute atomic E-state index is 0.0301. The lowest BCUT2D eigenvalue weighted by atomic mass is 9.99. The highest BCUT2D eigenvalue weighted by molar-refractivity contribution is 6.00. The first-order valence-corrected chi connectivity index (χ1v) is 11.7. The van der Waals surface area contributed by atoms with Crippen LogP contribution in [0.2, 0.25) is 0 Å². The predicted octanol–water partition coefficient (Wildman–Crippen LogP) is 7.07. The van der Waals surface area contributed by atoms with E-state index < -0.39 is 0 Å². The highest BCUT2D eigenvalue weighted by atomic mass is 16.3. The first-order valence-electron chi connectivity index (χ1n) is 11.7. The summed E-state index contributed by atoms with van der Waals surface area (Å²) < 4.78 is 0. The van der Waals surface area contributed by atoms with Crippen molar-refractivity contribution >= 4 is 11.5 Å².